The quantitative estimate of drug-likeness (QED) is 0.284. The van der Waals surface area contributed by atoms with Crippen LogP contribution in [0.3, 0.4) is 0 Å². The first-order chi connectivity index (χ1) is 19.2. The molecule has 40 heavy (non-hydrogen) atoms. The number of nitrogens with one attached hydrogen (secondary N) is 2. The second-order valence-corrected chi connectivity index (χ2v) is 12.0. The average Bonchev–Trinajstić information content (AvgIpc) is 3.45. The summed E-state index contributed by atoms with van der Waals surface area (Å²) in [5.74, 6) is -1.21. The molecule has 2 N–H and O–H groups in total. The molecular formula is C29H30N4O5S2. The summed E-state index contributed by atoms with van der Waals surface area (Å²) in [4.78, 5) is 58.6. The number of aryl methyl sites for hydroxylation is 4. The summed E-state index contributed by atoms with van der Waals surface area (Å²) < 4.78 is 6.49. The number of benzene rings is 1. The zero-order valence-electron chi connectivity index (χ0n) is 22.8. The molecule has 0 saturated heterocycles. The fraction of sp³-hybridized carbons (Fsp3) is 0.345. The summed E-state index contributed by atoms with van der Waals surface area (Å²) in [5, 5.41) is 6.53. The predicted molar refractivity (Wildman–Crippen MR) is 158 cm³/mol. The van der Waals surface area contributed by atoms with Crippen LogP contribution < -0.4 is 16.2 Å². The molecule has 3 aromatic heterocycles. The molecule has 4 aromatic rings. The molecule has 0 atom stereocenters. The van der Waals surface area contributed by atoms with E-state index < -0.39 is 17.4 Å². The van der Waals surface area contributed by atoms with Crippen molar-refractivity contribution >= 4 is 61.4 Å². The van der Waals surface area contributed by atoms with Crippen LogP contribution in [0.2, 0.25) is 0 Å². The van der Waals surface area contributed by atoms with Gasteiger partial charge in [0.25, 0.3) is 11.5 Å². The van der Waals surface area contributed by atoms with Crippen molar-refractivity contribution in [3.05, 3.63) is 72.5 Å². The number of ether oxygens (including phenoxy) is 1. The van der Waals surface area contributed by atoms with E-state index in [4.69, 9.17) is 4.74 Å². The number of carbonyl (C=O) groups is 3. The Morgan fingerprint density at radius 1 is 1.07 bits per heavy atom. The summed E-state index contributed by atoms with van der Waals surface area (Å²) in [6.07, 6.45) is 4.97. The number of amides is 2. The second-order valence-electron chi connectivity index (χ2n) is 9.87. The van der Waals surface area contributed by atoms with Gasteiger partial charge in [0, 0.05) is 10.6 Å². The van der Waals surface area contributed by atoms with Crippen LogP contribution in [0, 0.1) is 20.8 Å². The lowest BCUT2D eigenvalue weighted by Gasteiger charge is -2.12. The van der Waals surface area contributed by atoms with Crippen molar-refractivity contribution in [2.24, 2.45) is 0 Å². The number of hydrogen-bond donors (Lipinski definition) is 2. The highest BCUT2D eigenvalue weighted by Crippen LogP contribution is 2.38. The summed E-state index contributed by atoms with van der Waals surface area (Å²) >= 11 is 2.54. The summed E-state index contributed by atoms with van der Waals surface area (Å²) in [5.41, 5.74) is 4.22. The van der Waals surface area contributed by atoms with E-state index in [1.807, 2.05) is 32.0 Å². The first-order valence-electron chi connectivity index (χ1n) is 13.2. The molecule has 5 rings (SSSR count). The van der Waals surface area contributed by atoms with Crippen LogP contribution in [0.25, 0.3) is 10.2 Å². The number of rotatable bonds is 7. The normalized spacial score (nSPS) is 12.7. The molecule has 0 spiro atoms. The van der Waals surface area contributed by atoms with Gasteiger partial charge in [-0.25, -0.2) is 9.78 Å². The Morgan fingerprint density at radius 3 is 2.60 bits per heavy atom. The maximum Gasteiger partial charge on any atom is 0.341 e. The third kappa shape index (κ3) is 5.31. The molecule has 3 heterocycles. The summed E-state index contributed by atoms with van der Waals surface area (Å²) in [6.45, 7) is 7.32. The molecule has 1 aliphatic carbocycles. The maximum absolute atomic E-state index is 13.4. The van der Waals surface area contributed by atoms with Gasteiger partial charge in [-0.15, -0.1) is 22.7 Å². The van der Waals surface area contributed by atoms with Crippen LogP contribution in [0.5, 0.6) is 0 Å². The Kier molecular flexibility index (Phi) is 7.86. The molecule has 0 unspecified atom stereocenters. The van der Waals surface area contributed by atoms with E-state index in [-0.39, 0.29) is 19.1 Å². The van der Waals surface area contributed by atoms with Crippen LogP contribution in [-0.4, -0.2) is 33.9 Å². The molecule has 11 heteroatoms. The van der Waals surface area contributed by atoms with E-state index in [9.17, 15) is 19.2 Å². The summed E-state index contributed by atoms with van der Waals surface area (Å²) in [6, 6.07) is 5.76. The Labute approximate surface area is 239 Å². The Hall–Kier alpha value is -3.83. The molecule has 2 amide bonds. The van der Waals surface area contributed by atoms with Crippen LogP contribution in [0.15, 0.2) is 29.3 Å². The average molecular weight is 579 g/mol. The van der Waals surface area contributed by atoms with Crippen molar-refractivity contribution in [3.63, 3.8) is 0 Å². The number of aromatic nitrogens is 2. The Balaban J connectivity index is 1.39. The van der Waals surface area contributed by atoms with E-state index in [0.717, 1.165) is 58.6 Å². The first kappa shape index (κ1) is 27.7. The third-order valence-corrected chi connectivity index (χ3v) is 9.38. The van der Waals surface area contributed by atoms with E-state index >= 15 is 0 Å². The number of nitrogens with zero attached hydrogens (tertiary/aromatic N) is 2. The smallest absolute Gasteiger partial charge is 0.341 e. The van der Waals surface area contributed by atoms with Crippen LogP contribution >= 0.6 is 22.7 Å². The van der Waals surface area contributed by atoms with Gasteiger partial charge in [0.1, 0.15) is 16.4 Å². The van der Waals surface area contributed by atoms with Gasteiger partial charge < -0.3 is 15.4 Å². The van der Waals surface area contributed by atoms with Crippen LogP contribution in [0.1, 0.15) is 66.9 Å². The molecule has 208 valence electrons. The lowest BCUT2D eigenvalue weighted by atomic mass is 9.95. The topological polar surface area (TPSA) is 119 Å². The van der Waals surface area contributed by atoms with Crippen molar-refractivity contribution < 1.29 is 19.1 Å². The molecular weight excluding hydrogens is 548 g/mol. The molecule has 0 saturated carbocycles. The highest BCUT2D eigenvalue weighted by Gasteiger charge is 2.27. The van der Waals surface area contributed by atoms with E-state index in [0.29, 0.717) is 36.9 Å². The molecule has 0 fully saturated rings. The predicted octanol–water partition coefficient (Wildman–Crippen LogP) is 5.39. The first-order valence-corrected chi connectivity index (χ1v) is 14.8. The number of esters is 1. The van der Waals surface area contributed by atoms with Gasteiger partial charge in [-0.3, -0.25) is 19.0 Å². The molecule has 1 aliphatic rings. The monoisotopic (exact) mass is 578 g/mol. The van der Waals surface area contributed by atoms with Gasteiger partial charge in [-0.2, -0.15) is 0 Å². The zero-order valence-corrected chi connectivity index (χ0v) is 24.4. The van der Waals surface area contributed by atoms with Gasteiger partial charge in [0.05, 0.1) is 28.8 Å². The fourth-order valence-electron chi connectivity index (χ4n) is 5.02. The highest BCUT2D eigenvalue weighted by atomic mass is 32.1. The van der Waals surface area contributed by atoms with Crippen LogP contribution in [-0.2, 0) is 28.9 Å². The number of hydrogen-bond acceptors (Lipinski definition) is 8. The Bertz CT molecular complexity index is 1720. The highest BCUT2D eigenvalue weighted by molar-refractivity contribution is 7.20. The Morgan fingerprint density at radius 2 is 1.85 bits per heavy atom. The van der Waals surface area contributed by atoms with Gasteiger partial charge in [0.2, 0.25) is 5.91 Å². The van der Waals surface area contributed by atoms with Crippen molar-refractivity contribution in [3.8, 4) is 0 Å². The molecule has 0 bridgehead atoms. The standard InChI is InChI=1S/C29H30N4O5S2/c1-5-38-29(37)23-18-8-6-7-9-20(18)39-27(23)32-21(34)13-33-14-30-26-22(28(33)36)17(4)24(40-26)25(35)31-19-11-10-15(2)12-16(19)3/h10-12,14H,5-9,13H2,1-4H3,(H,31,35)(H,32,34). The summed E-state index contributed by atoms with van der Waals surface area (Å²) in [7, 11) is 0. The fourth-order valence-corrected chi connectivity index (χ4v) is 7.34. The maximum atomic E-state index is 13.4. The van der Waals surface area contributed by atoms with Crippen molar-refractivity contribution in [2.45, 2.75) is 59.9 Å². The molecule has 0 aliphatic heterocycles. The SMILES string of the molecule is CCOC(=O)c1c(NC(=O)Cn2cnc3sc(C(=O)Nc4ccc(C)cc4C)c(C)c3c2=O)sc2c1CCCC2. The minimum atomic E-state index is -0.451. The van der Waals surface area contributed by atoms with Gasteiger partial charge in [-0.05, 0) is 76.1 Å². The second kappa shape index (κ2) is 11.3. The molecule has 9 nitrogen and oxygen atoms in total. The number of carbonyl (C=O) groups excluding carboxylic acids is 3. The van der Waals surface area contributed by atoms with E-state index in [1.165, 1.54) is 22.2 Å². The van der Waals surface area contributed by atoms with Crippen molar-refractivity contribution in [1.82, 2.24) is 9.55 Å². The van der Waals surface area contributed by atoms with Crippen LogP contribution in [0.4, 0.5) is 10.7 Å². The van der Waals surface area contributed by atoms with Crippen molar-refractivity contribution in [2.75, 3.05) is 17.2 Å². The zero-order chi connectivity index (χ0) is 28.6. The number of anilines is 2. The number of fused-ring (bicyclic) bond motifs is 2. The minimum absolute atomic E-state index is 0.239. The minimum Gasteiger partial charge on any atom is -0.462 e. The van der Waals surface area contributed by atoms with Gasteiger partial charge in [-0.1, -0.05) is 17.7 Å². The van der Waals surface area contributed by atoms with Crippen molar-refractivity contribution in [1.29, 1.82) is 0 Å². The third-order valence-electron chi connectivity index (χ3n) is 6.97. The van der Waals surface area contributed by atoms with Gasteiger partial charge >= 0.3 is 5.97 Å². The largest absolute Gasteiger partial charge is 0.462 e. The van der Waals surface area contributed by atoms with E-state index in [1.54, 1.807) is 13.8 Å². The number of thiophene rings is 2. The lowest BCUT2D eigenvalue weighted by Crippen LogP contribution is -2.28. The molecule has 0 radical (unpaired) electrons. The lowest BCUT2D eigenvalue weighted by molar-refractivity contribution is -0.116. The van der Waals surface area contributed by atoms with Gasteiger partial charge in [0.15, 0.2) is 0 Å². The molecule has 1 aromatic carbocycles. The van der Waals surface area contributed by atoms with E-state index in [2.05, 4.69) is 15.6 Å².